The van der Waals surface area contributed by atoms with E-state index in [2.05, 4.69) is 0 Å². The first-order chi connectivity index (χ1) is 6.06. The van der Waals surface area contributed by atoms with Gasteiger partial charge in [0.15, 0.2) is 0 Å². The molecule has 3 N–H and O–H groups in total. The highest BCUT2D eigenvalue weighted by molar-refractivity contribution is 14.1. The number of benzene rings is 1. The number of hydrazine groups is 1. The zero-order chi connectivity index (χ0) is 10.0. The lowest BCUT2D eigenvalue weighted by Crippen LogP contribution is -2.30. The second kappa shape index (κ2) is 3.97. The zero-order valence-electron chi connectivity index (χ0n) is 6.27. The predicted octanol–water partition coefficient (Wildman–Crippen LogP) is 1.17. The van der Waals surface area contributed by atoms with Crippen LogP contribution in [0.4, 0.5) is 8.78 Å². The number of nitrogens with two attached hydrogens (primary N) is 1. The maximum Gasteiger partial charge on any atom is 0.266 e. The van der Waals surface area contributed by atoms with Crippen molar-refractivity contribution in [2.45, 2.75) is 0 Å². The van der Waals surface area contributed by atoms with E-state index in [0.717, 1.165) is 6.07 Å². The van der Waals surface area contributed by atoms with E-state index < -0.39 is 17.5 Å². The lowest BCUT2D eigenvalue weighted by Gasteiger charge is -2.03. The Hall–Kier alpha value is -0.760. The highest BCUT2D eigenvalue weighted by atomic mass is 127. The van der Waals surface area contributed by atoms with Gasteiger partial charge in [-0.2, -0.15) is 0 Å². The molecule has 70 valence electrons. The Labute approximate surface area is 86.4 Å². The van der Waals surface area contributed by atoms with Gasteiger partial charge in [0.2, 0.25) is 0 Å². The van der Waals surface area contributed by atoms with Gasteiger partial charge in [0.05, 0.1) is 9.13 Å². The Bertz CT molecular complexity index is 357. The predicted molar refractivity (Wildman–Crippen MR) is 50.7 cm³/mol. The van der Waals surface area contributed by atoms with Crippen LogP contribution >= 0.6 is 22.6 Å². The summed E-state index contributed by atoms with van der Waals surface area (Å²) in [6.45, 7) is 0. The van der Waals surface area contributed by atoms with E-state index in [4.69, 9.17) is 5.84 Å². The Morgan fingerprint density at radius 3 is 2.62 bits per heavy atom. The van der Waals surface area contributed by atoms with Crippen molar-refractivity contribution in [2.75, 3.05) is 0 Å². The standard InChI is InChI=1S/C7H5F2IN2O/c8-3-1-4(7(13)12-11)6(10)5(9)2-3/h1-2H,11H2,(H,12,13). The number of amides is 1. The van der Waals surface area contributed by atoms with Crippen molar-refractivity contribution in [2.24, 2.45) is 5.84 Å². The Morgan fingerprint density at radius 2 is 2.08 bits per heavy atom. The van der Waals surface area contributed by atoms with Crippen LogP contribution < -0.4 is 11.3 Å². The molecule has 1 amide bonds. The van der Waals surface area contributed by atoms with Gasteiger partial charge in [-0.3, -0.25) is 10.2 Å². The Morgan fingerprint density at radius 1 is 1.46 bits per heavy atom. The molecule has 3 nitrogen and oxygen atoms in total. The molecule has 0 aliphatic heterocycles. The summed E-state index contributed by atoms with van der Waals surface area (Å²) >= 11 is 1.60. The molecule has 1 aromatic carbocycles. The summed E-state index contributed by atoms with van der Waals surface area (Å²) in [6, 6.07) is 1.63. The van der Waals surface area contributed by atoms with Gasteiger partial charge < -0.3 is 0 Å². The van der Waals surface area contributed by atoms with Crippen LogP contribution in [-0.4, -0.2) is 5.91 Å². The minimum Gasteiger partial charge on any atom is -0.290 e. The number of nitrogens with one attached hydrogen (secondary N) is 1. The number of carbonyl (C=O) groups excluding carboxylic acids is 1. The summed E-state index contributed by atoms with van der Waals surface area (Å²) < 4.78 is 25.6. The summed E-state index contributed by atoms with van der Waals surface area (Å²) in [5.74, 6) is 2.52. The first kappa shape index (κ1) is 10.3. The maximum absolute atomic E-state index is 12.9. The van der Waals surface area contributed by atoms with E-state index in [-0.39, 0.29) is 9.13 Å². The fourth-order valence-corrected chi connectivity index (χ4v) is 1.36. The molecule has 0 aliphatic carbocycles. The minimum absolute atomic E-state index is 0.0435. The molecular formula is C7H5F2IN2O. The highest BCUT2D eigenvalue weighted by Crippen LogP contribution is 2.17. The molecule has 0 aromatic heterocycles. The number of hydrogen-bond acceptors (Lipinski definition) is 2. The van der Waals surface area contributed by atoms with E-state index >= 15 is 0 Å². The van der Waals surface area contributed by atoms with Crippen molar-refractivity contribution in [3.05, 3.63) is 32.9 Å². The average molecular weight is 298 g/mol. The van der Waals surface area contributed by atoms with Crippen molar-refractivity contribution in [3.63, 3.8) is 0 Å². The minimum atomic E-state index is -0.809. The molecule has 0 heterocycles. The van der Waals surface area contributed by atoms with E-state index in [0.29, 0.717) is 6.07 Å². The Balaban J connectivity index is 3.28. The van der Waals surface area contributed by atoms with Crippen LogP contribution in [0.15, 0.2) is 12.1 Å². The van der Waals surface area contributed by atoms with Gasteiger partial charge in [-0.05, 0) is 28.7 Å². The molecule has 0 unspecified atom stereocenters. The second-order valence-electron chi connectivity index (χ2n) is 2.22. The van der Waals surface area contributed by atoms with Crippen molar-refractivity contribution >= 4 is 28.5 Å². The molecular weight excluding hydrogens is 293 g/mol. The third-order valence-corrected chi connectivity index (χ3v) is 2.47. The topological polar surface area (TPSA) is 55.1 Å². The van der Waals surface area contributed by atoms with Crippen LogP contribution in [0, 0.1) is 15.2 Å². The second-order valence-corrected chi connectivity index (χ2v) is 3.30. The van der Waals surface area contributed by atoms with Gasteiger partial charge in [0.1, 0.15) is 11.6 Å². The third kappa shape index (κ3) is 2.13. The van der Waals surface area contributed by atoms with Crippen LogP contribution in [-0.2, 0) is 0 Å². The molecule has 0 saturated heterocycles. The molecule has 0 fully saturated rings. The first-order valence-electron chi connectivity index (χ1n) is 3.21. The number of halogens is 3. The van der Waals surface area contributed by atoms with E-state index in [1.807, 2.05) is 0 Å². The molecule has 0 radical (unpaired) electrons. The summed E-state index contributed by atoms with van der Waals surface area (Å²) in [4.78, 5) is 11.0. The van der Waals surface area contributed by atoms with Gasteiger partial charge in [0, 0.05) is 6.07 Å². The Kier molecular flexibility index (Phi) is 3.15. The molecule has 0 spiro atoms. The largest absolute Gasteiger partial charge is 0.290 e. The fourth-order valence-electron chi connectivity index (χ4n) is 0.799. The van der Waals surface area contributed by atoms with Crippen LogP contribution in [0.1, 0.15) is 10.4 Å². The normalized spacial score (nSPS) is 9.85. The molecule has 0 saturated carbocycles. The molecule has 1 aromatic rings. The van der Waals surface area contributed by atoms with E-state index in [9.17, 15) is 13.6 Å². The van der Waals surface area contributed by atoms with Gasteiger partial charge in [-0.25, -0.2) is 14.6 Å². The quantitative estimate of drug-likeness (QED) is 0.269. The van der Waals surface area contributed by atoms with Crippen LogP contribution in [0.5, 0.6) is 0 Å². The molecule has 0 aliphatic rings. The molecule has 0 atom stereocenters. The SMILES string of the molecule is NNC(=O)c1cc(F)cc(F)c1I. The van der Waals surface area contributed by atoms with Crippen molar-refractivity contribution in [1.29, 1.82) is 0 Å². The van der Waals surface area contributed by atoms with E-state index in [1.165, 1.54) is 0 Å². The number of nitrogen functional groups attached to an aromatic ring is 1. The average Bonchev–Trinajstić information content (AvgIpc) is 2.10. The van der Waals surface area contributed by atoms with E-state index in [1.54, 1.807) is 28.0 Å². The van der Waals surface area contributed by atoms with Gasteiger partial charge >= 0.3 is 0 Å². The van der Waals surface area contributed by atoms with Gasteiger partial charge in [-0.1, -0.05) is 0 Å². The number of rotatable bonds is 1. The first-order valence-corrected chi connectivity index (χ1v) is 4.29. The van der Waals surface area contributed by atoms with Crippen molar-refractivity contribution < 1.29 is 13.6 Å². The third-order valence-electron chi connectivity index (χ3n) is 1.37. The number of hydrogen-bond donors (Lipinski definition) is 2. The van der Waals surface area contributed by atoms with Crippen molar-refractivity contribution in [1.82, 2.24) is 5.43 Å². The lowest BCUT2D eigenvalue weighted by molar-refractivity contribution is 0.0951. The smallest absolute Gasteiger partial charge is 0.266 e. The summed E-state index contributed by atoms with van der Waals surface area (Å²) in [6.07, 6.45) is 0. The maximum atomic E-state index is 12.9. The highest BCUT2D eigenvalue weighted by Gasteiger charge is 2.14. The van der Waals surface area contributed by atoms with Gasteiger partial charge in [-0.15, -0.1) is 0 Å². The molecule has 0 bridgehead atoms. The van der Waals surface area contributed by atoms with Crippen LogP contribution in [0.3, 0.4) is 0 Å². The monoisotopic (exact) mass is 298 g/mol. The van der Waals surface area contributed by atoms with Crippen LogP contribution in [0.25, 0.3) is 0 Å². The summed E-state index contributed by atoms with van der Waals surface area (Å²) in [7, 11) is 0. The molecule has 13 heavy (non-hydrogen) atoms. The van der Waals surface area contributed by atoms with Gasteiger partial charge in [0.25, 0.3) is 5.91 Å². The number of carbonyl (C=O) groups is 1. The fraction of sp³-hybridized carbons (Fsp3) is 0. The zero-order valence-corrected chi connectivity index (χ0v) is 8.43. The van der Waals surface area contributed by atoms with Crippen molar-refractivity contribution in [3.8, 4) is 0 Å². The molecule has 1 rings (SSSR count). The molecule has 6 heteroatoms. The summed E-state index contributed by atoms with van der Waals surface area (Å²) in [5, 5.41) is 0. The summed E-state index contributed by atoms with van der Waals surface area (Å²) in [5.41, 5.74) is 1.69. The van der Waals surface area contributed by atoms with Crippen LogP contribution in [0.2, 0.25) is 0 Å². The lowest BCUT2D eigenvalue weighted by atomic mass is 10.2.